The highest BCUT2D eigenvalue weighted by Crippen LogP contribution is 2.61. The molecule has 1 unspecified atom stereocenters. The van der Waals surface area contributed by atoms with Crippen molar-refractivity contribution in [2.24, 2.45) is 23.2 Å². The third-order valence-electron chi connectivity index (χ3n) is 8.13. The minimum Gasteiger partial charge on any atom is -0.454 e. The van der Waals surface area contributed by atoms with Crippen molar-refractivity contribution in [3.05, 3.63) is 59.2 Å². The number of allylic oxidation sites excluding steroid dienone is 2. The highest BCUT2D eigenvalue weighted by molar-refractivity contribution is 5.89. The van der Waals surface area contributed by atoms with Gasteiger partial charge in [-0.05, 0) is 91.0 Å². The van der Waals surface area contributed by atoms with Gasteiger partial charge in [-0.1, -0.05) is 31.2 Å². The fourth-order valence-corrected chi connectivity index (χ4v) is 6.61. The van der Waals surface area contributed by atoms with E-state index in [2.05, 4.69) is 19.1 Å². The van der Waals surface area contributed by atoms with E-state index >= 15 is 0 Å². The summed E-state index contributed by atoms with van der Waals surface area (Å²) in [6.07, 6.45) is 11.9. The molecule has 4 aliphatic rings. The number of ether oxygens (including phenoxy) is 1. The standard InChI is InChI=1S/C25H30O3/c1-25-14-13-20-19-10-8-18(28-24(27)16-5-3-2-4-6-16)15-17(19)7-9-21(20)22(25)11-12-23(25)26/h2-6,10,15,18,20-23,26H,7-9,11-14H2,1H3/t18?,20-,21-,22+,23+,25+/m1/s1. The molecule has 1 N–H and O–H groups in total. The SMILES string of the molecule is C[C@]12CC[C@@H]3C4=CCC(OC(=O)c5ccccc5)C=C4CC[C@H]3[C@@H]1CC[C@@H]2O. The number of benzene rings is 1. The normalized spacial score (nSPS) is 39.1. The molecule has 0 aliphatic heterocycles. The summed E-state index contributed by atoms with van der Waals surface area (Å²) in [6, 6.07) is 9.25. The van der Waals surface area contributed by atoms with Crippen molar-refractivity contribution in [2.75, 3.05) is 0 Å². The first-order valence-corrected chi connectivity index (χ1v) is 10.9. The van der Waals surface area contributed by atoms with Crippen molar-refractivity contribution in [1.29, 1.82) is 0 Å². The van der Waals surface area contributed by atoms with Crippen LogP contribution >= 0.6 is 0 Å². The Bertz CT molecular complexity index is 823. The molecule has 0 aromatic heterocycles. The third-order valence-corrected chi connectivity index (χ3v) is 8.13. The predicted molar refractivity (Wildman–Crippen MR) is 109 cm³/mol. The van der Waals surface area contributed by atoms with Gasteiger partial charge in [-0.2, -0.15) is 0 Å². The topological polar surface area (TPSA) is 46.5 Å². The Morgan fingerprint density at radius 3 is 2.79 bits per heavy atom. The minimum absolute atomic E-state index is 0.113. The van der Waals surface area contributed by atoms with Crippen LogP contribution in [0.25, 0.3) is 0 Å². The second-order valence-electron chi connectivity index (χ2n) is 9.45. The number of rotatable bonds is 2. The van der Waals surface area contributed by atoms with Gasteiger partial charge in [-0.3, -0.25) is 0 Å². The van der Waals surface area contributed by atoms with Crippen LogP contribution in [0.1, 0.15) is 62.2 Å². The Kier molecular flexibility index (Phi) is 4.46. The summed E-state index contributed by atoms with van der Waals surface area (Å²) < 4.78 is 5.77. The quantitative estimate of drug-likeness (QED) is 0.731. The lowest BCUT2D eigenvalue weighted by Gasteiger charge is -2.51. The van der Waals surface area contributed by atoms with Crippen molar-refractivity contribution in [2.45, 2.75) is 64.1 Å². The summed E-state index contributed by atoms with van der Waals surface area (Å²) in [6.45, 7) is 2.32. The summed E-state index contributed by atoms with van der Waals surface area (Å²) in [7, 11) is 0. The first-order chi connectivity index (χ1) is 13.6. The van der Waals surface area contributed by atoms with Gasteiger partial charge in [0.15, 0.2) is 0 Å². The number of hydrogen-bond acceptors (Lipinski definition) is 3. The van der Waals surface area contributed by atoms with E-state index in [1.165, 1.54) is 30.4 Å². The Labute approximate surface area is 167 Å². The Hall–Kier alpha value is -1.87. The lowest BCUT2D eigenvalue weighted by molar-refractivity contribution is -0.0309. The number of hydrogen-bond donors (Lipinski definition) is 1. The predicted octanol–water partition coefficient (Wildman–Crippen LogP) is 5.07. The summed E-state index contributed by atoms with van der Waals surface area (Å²) in [5, 5.41) is 10.5. The average Bonchev–Trinajstić information content (AvgIpc) is 3.03. The summed E-state index contributed by atoms with van der Waals surface area (Å²) in [5.41, 5.74) is 3.67. The summed E-state index contributed by atoms with van der Waals surface area (Å²) >= 11 is 0. The van der Waals surface area contributed by atoms with Gasteiger partial charge in [0.1, 0.15) is 6.10 Å². The van der Waals surface area contributed by atoms with Crippen molar-refractivity contribution < 1.29 is 14.6 Å². The van der Waals surface area contributed by atoms with E-state index in [-0.39, 0.29) is 23.6 Å². The van der Waals surface area contributed by atoms with Crippen LogP contribution in [0.2, 0.25) is 0 Å². The van der Waals surface area contributed by atoms with E-state index in [1.54, 1.807) is 12.1 Å². The smallest absolute Gasteiger partial charge is 0.338 e. The van der Waals surface area contributed by atoms with Gasteiger partial charge in [0, 0.05) is 6.42 Å². The van der Waals surface area contributed by atoms with Gasteiger partial charge < -0.3 is 9.84 Å². The number of esters is 1. The molecule has 0 saturated heterocycles. The Morgan fingerprint density at radius 1 is 1.14 bits per heavy atom. The van der Waals surface area contributed by atoms with E-state index in [1.807, 2.05) is 18.2 Å². The van der Waals surface area contributed by atoms with E-state index in [0.717, 1.165) is 25.7 Å². The van der Waals surface area contributed by atoms with Crippen LogP contribution < -0.4 is 0 Å². The molecule has 0 bridgehead atoms. The fraction of sp³-hybridized carbons (Fsp3) is 0.560. The first-order valence-electron chi connectivity index (χ1n) is 10.9. The minimum atomic E-state index is -0.235. The fourth-order valence-electron chi connectivity index (χ4n) is 6.61. The second kappa shape index (κ2) is 6.88. The zero-order valence-corrected chi connectivity index (χ0v) is 16.6. The number of aliphatic hydroxyl groups is 1. The molecule has 1 aromatic carbocycles. The number of aliphatic hydroxyl groups excluding tert-OH is 1. The average molecular weight is 379 g/mol. The number of fused-ring (bicyclic) bond motifs is 5. The highest BCUT2D eigenvalue weighted by atomic mass is 16.5. The van der Waals surface area contributed by atoms with Crippen LogP contribution in [0.3, 0.4) is 0 Å². The van der Waals surface area contributed by atoms with Gasteiger partial charge in [0.05, 0.1) is 11.7 Å². The van der Waals surface area contributed by atoms with Crippen LogP contribution in [-0.4, -0.2) is 23.3 Å². The zero-order valence-electron chi connectivity index (χ0n) is 16.6. The molecule has 0 radical (unpaired) electrons. The van der Waals surface area contributed by atoms with Crippen LogP contribution in [0.15, 0.2) is 53.6 Å². The van der Waals surface area contributed by atoms with Gasteiger partial charge >= 0.3 is 5.97 Å². The molecule has 148 valence electrons. The number of carbonyl (C=O) groups is 1. The zero-order chi connectivity index (χ0) is 19.3. The molecule has 3 saturated carbocycles. The third kappa shape index (κ3) is 2.86. The largest absolute Gasteiger partial charge is 0.454 e. The van der Waals surface area contributed by atoms with E-state index in [4.69, 9.17) is 4.74 Å². The van der Waals surface area contributed by atoms with E-state index in [0.29, 0.717) is 23.3 Å². The molecule has 28 heavy (non-hydrogen) atoms. The molecule has 3 nitrogen and oxygen atoms in total. The van der Waals surface area contributed by atoms with Gasteiger partial charge in [-0.15, -0.1) is 0 Å². The van der Waals surface area contributed by atoms with Gasteiger partial charge in [0.25, 0.3) is 0 Å². The van der Waals surface area contributed by atoms with Crippen molar-refractivity contribution in [3.8, 4) is 0 Å². The van der Waals surface area contributed by atoms with Gasteiger partial charge in [-0.25, -0.2) is 4.79 Å². The van der Waals surface area contributed by atoms with Crippen molar-refractivity contribution >= 4 is 5.97 Å². The highest BCUT2D eigenvalue weighted by Gasteiger charge is 2.54. The van der Waals surface area contributed by atoms with Crippen molar-refractivity contribution in [1.82, 2.24) is 0 Å². The molecule has 4 aliphatic carbocycles. The lowest BCUT2D eigenvalue weighted by atomic mass is 9.54. The molecular weight excluding hydrogens is 348 g/mol. The molecule has 0 amide bonds. The molecule has 5 rings (SSSR count). The maximum Gasteiger partial charge on any atom is 0.338 e. The Balaban J connectivity index is 1.30. The molecule has 0 spiro atoms. The lowest BCUT2D eigenvalue weighted by Crippen LogP contribution is -2.45. The van der Waals surface area contributed by atoms with E-state index < -0.39 is 0 Å². The van der Waals surface area contributed by atoms with Gasteiger partial charge in [0.2, 0.25) is 0 Å². The monoisotopic (exact) mass is 378 g/mol. The maximum absolute atomic E-state index is 12.4. The maximum atomic E-state index is 12.4. The van der Waals surface area contributed by atoms with Crippen molar-refractivity contribution in [3.63, 3.8) is 0 Å². The first kappa shape index (κ1) is 18.2. The number of carbonyl (C=O) groups excluding carboxylic acids is 1. The summed E-state index contributed by atoms with van der Waals surface area (Å²) in [4.78, 5) is 12.4. The summed E-state index contributed by atoms with van der Waals surface area (Å²) in [5.74, 6) is 1.77. The van der Waals surface area contributed by atoms with Crippen LogP contribution in [0, 0.1) is 23.2 Å². The molecule has 3 heteroatoms. The molecule has 1 aromatic rings. The van der Waals surface area contributed by atoms with Crippen LogP contribution in [-0.2, 0) is 4.74 Å². The Morgan fingerprint density at radius 2 is 1.96 bits per heavy atom. The molecular formula is C25H30O3. The second-order valence-corrected chi connectivity index (χ2v) is 9.45. The van der Waals surface area contributed by atoms with Crippen LogP contribution in [0.4, 0.5) is 0 Å². The van der Waals surface area contributed by atoms with E-state index in [9.17, 15) is 9.90 Å². The molecule has 6 atom stereocenters. The van der Waals surface area contributed by atoms with Crippen LogP contribution in [0.5, 0.6) is 0 Å². The molecule has 0 heterocycles. The molecule has 3 fully saturated rings.